The zero-order valence-electron chi connectivity index (χ0n) is 12.1. The van der Waals surface area contributed by atoms with Crippen LogP contribution in [0, 0.1) is 13.8 Å². The zero-order chi connectivity index (χ0) is 15.9. The number of rotatable bonds is 2. The van der Waals surface area contributed by atoms with Gasteiger partial charge in [0, 0.05) is 21.5 Å². The van der Waals surface area contributed by atoms with E-state index in [1.54, 1.807) is 6.08 Å². The monoisotopic (exact) mass is 359 g/mol. The highest BCUT2D eigenvalue weighted by molar-refractivity contribution is 9.10. The molecular formula is C16H14BrN3O2. The Balaban J connectivity index is 2.04. The Kier molecular flexibility index (Phi) is 3.62. The summed E-state index contributed by atoms with van der Waals surface area (Å²) in [6.07, 6.45) is 1.69. The number of urea groups is 1. The second-order valence-electron chi connectivity index (χ2n) is 5.10. The maximum atomic E-state index is 11.6. The standard InChI is InChI=1S/C16H14BrN3O2/c1-9-7-11(8-14-15(21)19-16(22)18-14)10(2)20(9)13-5-3-12(17)4-6-13/h3-8H,1-2H3,(H2,18,19,21,22)/b14-8+. The first-order valence-corrected chi connectivity index (χ1v) is 7.54. The Morgan fingerprint density at radius 1 is 1.09 bits per heavy atom. The van der Waals surface area contributed by atoms with Crippen LogP contribution in [-0.2, 0) is 4.79 Å². The van der Waals surface area contributed by atoms with Gasteiger partial charge in [0.25, 0.3) is 5.91 Å². The molecule has 1 fully saturated rings. The highest BCUT2D eigenvalue weighted by atomic mass is 79.9. The van der Waals surface area contributed by atoms with Gasteiger partial charge in [-0.15, -0.1) is 0 Å². The molecule has 2 heterocycles. The quantitative estimate of drug-likeness (QED) is 0.639. The number of imide groups is 1. The van der Waals surface area contributed by atoms with Gasteiger partial charge in [-0.3, -0.25) is 10.1 Å². The van der Waals surface area contributed by atoms with Gasteiger partial charge in [-0.2, -0.15) is 0 Å². The highest BCUT2D eigenvalue weighted by Gasteiger charge is 2.23. The van der Waals surface area contributed by atoms with E-state index in [0.717, 1.165) is 27.1 Å². The molecule has 3 rings (SSSR count). The maximum absolute atomic E-state index is 11.6. The average molecular weight is 360 g/mol. The van der Waals surface area contributed by atoms with Crippen LogP contribution >= 0.6 is 15.9 Å². The molecule has 0 radical (unpaired) electrons. The Bertz CT molecular complexity index is 804. The summed E-state index contributed by atoms with van der Waals surface area (Å²) in [5.41, 5.74) is 4.26. The summed E-state index contributed by atoms with van der Waals surface area (Å²) in [5.74, 6) is -0.404. The van der Waals surface area contributed by atoms with Gasteiger partial charge < -0.3 is 9.88 Å². The van der Waals surface area contributed by atoms with E-state index >= 15 is 0 Å². The lowest BCUT2D eigenvalue weighted by atomic mass is 10.2. The molecule has 2 aromatic rings. The fraction of sp³-hybridized carbons (Fsp3) is 0.125. The number of carbonyl (C=O) groups excluding carboxylic acids is 2. The first-order valence-electron chi connectivity index (χ1n) is 6.74. The normalized spacial score (nSPS) is 16.0. The fourth-order valence-electron chi connectivity index (χ4n) is 2.56. The number of hydrogen-bond acceptors (Lipinski definition) is 2. The third-order valence-corrected chi connectivity index (χ3v) is 4.10. The summed E-state index contributed by atoms with van der Waals surface area (Å²) in [4.78, 5) is 22.8. The van der Waals surface area contributed by atoms with Crippen LogP contribution in [0.15, 0.2) is 40.5 Å². The third kappa shape index (κ3) is 2.57. The van der Waals surface area contributed by atoms with E-state index in [4.69, 9.17) is 0 Å². The molecule has 3 amide bonds. The van der Waals surface area contributed by atoms with E-state index in [2.05, 4.69) is 31.1 Å². The van der Waals surface area contributed by atoms with Crippen LogP contribution in [0.2, 0.25) is 0 Å². The molecule has 2 N–H and O–H groups in total. The minimum absolute atomic E-state index is 0.265. The number of amides is 3. The molecule has 1 aromatic heterocycles. The highest BCUT2D eigenvalue weighted by Crippen LogP contribution is 2.24. The van der Waals surface area contributed by atoms with Crippen LogP contribution < -0.4 is 10.6 Å². The van der Waals surface area contributed by atoms with Crippen molar-refractivity contribution in [2.45, 2.75) is 13.8 Å². The van der Waals surface area contributed by atoms with Gasteiger partial charge in [0.1, 0.15) is 5.70 Å². The van der Waals surface area contributed by atoms with Gasteiger partial charge >= 0.3 is 6.03 Å². The SMILES string of the molecule is Cc1cc(/C=C2/NC(=O)NC2=O)c(C)n1-c1ccc(Br)cc1. The van der Waals surface area contributed by atoms with Crippen LogP contribution in [-0.4, -0.2) is 16.5 Å². The molecule has 0 spiro atoms. The van der Waals surface area contributed by atoms with Crippen molar-refractivity contribution in [2.75, 3.05) is 0 Å². The average Bonchev–Trinajstić information content (AvgIpc) is 2.92. The molecule has 0 atom stereocenters. The summed E-state index contributed by atoms with van der Waals surface area (Å²) in [6, 6.07) is 9.50. The number of hydrogen-bond donors (Lipinski definition) is 2. The van der Waals surface area contributed by atoms with Crippen molar-refractivity contribution in [3.05, 3.63) is 57.5 Å². The lowest BCUT2D eigenvalue weighted by Crippen LogP contribution is -2.22. The van der Waals surface area contributed by atoms with E-state index in [9.17, 15) is 9.59 Å². The Hall–Kier alpha value is -2.34. The molecule has 1 aliphatic rings. The first-order chi connectivity index (χ1) is 10.5. The topological polar surface area (TPSA) is 63.1 Å². The van der Waals surface area contributed by atoms with Crippen molar-refractivity contribution in [2.24, 2.45) is 0 Å². The van der Waals surface area contributed by atoms with E-state index < -0.39 is 11.9 Å². The Morgan fingerprint density at radius 2 is 1.77 bits per heavy atom. The van der Waals surface area contributed by atoms with Gasteiger partial charge in [0.15, 0.2) is 0 Å². The third-order valence-electron chi connectivity index (χ3n) is 3.57. The number of carbonyl (C=O) groups is 2. The Morgan fingerprint density at radius 3 is 2.36 bits per heavy atom. The molecule has 1 aliphatic heterocycles. The minimum atomic E-state index is -0.488. The second-order valence-corrected chi connectivity index (χ2v) is 6.02. The van der Waals surface area contributed by atoms with E-state index in [0.29, 0.717) is 0 Å². The van der Waals surface area contributed by atoms with Crippen molar-refractivity contribution in [3.8, 4) is 5.69 Å². The predicted molar refractivity (Wildman–Crippen MR) is 87.6 cm³/mol. The molecule has 6 heteroatoms. The van der Waals surface area contributed by atoms with E-state index in [1.807, 2.05) is 44.2 Å². The fourth-order valence-corrected chi connectivity index (χ4v) is 2.82. The number of halogens is 1. The lowest BCUT2D eigenvalue weighted by molar-refractivity contribution is -0.115. The van der Waals surface area contributed by atoms with Gasteiger partial charge in [0.05, 0.1) is 0 Å². The molecule has 5 nitrogen and oxygen atoms in total. The van der Waals surface area contributed by atoms with Gasteiger partial charge in [-0.1, -0.05) is 15.9 Å². The summed E-state index contributed by atoms with van der Waals surface area (Å²) < 4.78 is 3.12. The number of aromatic nitrogens is 1. The van der Waals surface area contributed by atoms with Crippen molar-refractivity contribution in [3.63, 3.8) is 0 Å². The van der Waals surface area contributed by atoms with Crippen LogP contribution in [0.25, 0.3) is 11.8 Å². The van der Waals surface area contributed by atoms with Crippen LogP contribution in [0.3, 0.4) is 0 Å². The number of aryl methyl sites for hydroxylation is 1. The predicted octanol–water partition coefficient (Wildman–Crippen LogP) is 3.04. The minimum Gasteiger partial charge on any atom is -0.318 e. The van der Waals surface area contributed by atoms with Crippen molar-refractivity contribution in [1.82, 2.24) is 15.2 Å². The van der Waals surface area contributed by atoms with Gasteiger partial charge in [-0.25, -0.2) is 4.79 Å². The van der Waals surface area contributed by atoms with Crippen molar-refractivity contribution in [1.29, 1.82) is 0 Å². The van der Waals surface area contributed by atoms with Crippen LogP contribution in [0.4, 0.5) is 4.79 Å². The largest absolute Gasteiger partial charge is 0.326 e. The maximum Gasteiger partial charge on any atom is 0.326 e. The van der Waals surface area contributed by atoms with Gasteiger partial charge in [0.2, 0.25) is 0 Å². The Labute approximate surface area is 136 Å². The first kappa shape index (κ1) is 14.6. The molecule has 1 aromatic carbocycles. The molecular weight excluding hydrogens is 346 g/mol. The molecule has 0 bridgehead atoms. The van der Waals surface area contributed by atoms with E-state index in [1.165, 1.54) is 0 Å². The summed E-state index contributed by atoms with van der Waals surface area (Å²) in [7, 11) is 0. The van der Waals surface area contributed by atoms with Crippen molar-refractivity contribution >= 4 is 33.9 Å². The zero-order valence-corrected chi connectivity index (χ0v) is 13.7. The smallest absolute Gasteiger partial charge is 0.318 e. The molecule has 0 unspecified atom stereocenters. The molecule has 0 aliphatic carbocycles. The second kappa shape index (κ2) is 5.46. The number of nitrogens with one attached hydrogen (secondary N) is 2. The summed E-state index contributed by atoms with van der Waals surface area (Å²) in [6.45, 7) is 3.99. The molecule has 0 saturated carbocycles. The number of benzene rings is 1. The molecule has 22 heavy (non-hydrogen) atoms. The van der Waals surface area contributed by atoms with Crippen LogP contribution in [0.5, 0.6) is 0 Å². The lowest BCUT2D eigenvalue weighted by Gasteiger charge is -2.09. The summed E-state index contributed by atoms with van der Waals surface area (Å²) >= 11 is 3.43. The molecule has 1 saturated heterocycles. The summed E-state index contributed by atoms with van der Waals surface area (Å²) in [5, 5.41) is 4.70. The number of nitrogens with zero attached hydrogens (tertiary/aromatic N) is 1. The van der Waals surface area contributed by atoms with Gasteiger partial charge in [-0.05, 0) is 55.8 Å². The van der Waals surface area contributed by atoms with E-state index in [-0.39, 0.29) is 5.70 Å². The van der Waals surface area contributed by atoms with Crippen LogP contribution in [0.1, 0.15) is 17.0 Å². The van der Waals surface area contributed by atoms with Crippen molar-refractivity contribution < 1.29 is 9.59 Å². The molecule has 112 valence electrons.